The van der Waals surface area contributed by atoms with Crippen LogP contribution in [-0.2, 0) is 4.79 Å². The highest BCUT2D eigenvalue weighted by Gasteiger charge is 2.32. The van der Waals surface area contributed by atoms with E-state index in [-0.39, 0.29) is 11.7 Å². The zero-order chi connectivity index (χ0) is 19.9. The van der Waals surface area contributed by atoms with Gasteiger partial charge in [0.05, 0.1) is 6.61 Å². The lowest BCUT2D eigenvalue weighted by atomic mass is 9.69. The number of Topliss-reactive ketones (excluding diaryl/α,β-unsaturated/α-hetero) is 1. The van der Waals surface area contributed by atoms with E-state index in [2.05, 4.69) is 26.1 Å². The second-order valence-corrected chi connectivity index (χ2v) is 8.49. The lowest BCUT2D eigenvalue weighted by molar-refractivity contribution is -0.122. The molecule has 0 aliphatic heterocycles. The first-order chi connectivity index (χ1) is 12.8. The lowest BCUT2D eigenvalue weighted by Crippen LogP contribution is -2.39. The van der Waals surface area contributed by atoms with Crippen molar-refractivity contribution in [2.45, 2.75) is 78.7 Å². The number of hydrogen-bond acceptors (Lipinski definition) is 3. The van der Waals surface area contributed by atoms with Crippen LogP contribution in [0.1, 0.15) is 83.0 Å². The molecule has 150 valence electrons. The maximum atomic E-state index is 12.2. The van der Waals surface area contributed by atoms with E-state index < -0.39 is 0 Å². The van der Waals surface area contributed by atoms with Crippen LogP contribution in [0.4, 0.5) is 0 Å². The molecule has 0 radical (unpaired) electrons. The third-order valence-electron chi connectivity index (χ3n) is 6.19. The molecule has 4 heteroatoms. The molecule has 0 aromatic heterocycles. The van der Waals surface area contributed by atoms with Crippen molar-refractivity contribution in [3.8, 4) is 5.75 Å². The third-order valence-corrected chi connectivity index (χ3v) is 6.19. The molecule has 1 aromatic carbocycles. The largest absolute Gasteiger partial charge is 0.494 e. The molecule has 1 N–H and O–H groups in total. The Bertz CT molecular complexity index is 613. The van der Waals surface area contributed by atoms with Gasteiger partial charge in [-0.15, -0.1) is 0 Å². The molecular formula is C23H35NO3. The summed E-state index contributed by atoms with van der Waals surface area (Å²) in [4.78, 5) is 23.4. The van der Waals surface area contributed by atoms with E-state index >= 15 is 0 Å². The van der Waals surface area contributed by atoms with Crippen molar-refractivity contribution in [3.63, 3.8) is 0 Å². The van der Waals surface area contributed by atoms with Crippen LogP contribution in [0.25, 0.3) is 0 Å². The summed E-state index contributed by atoms with van der Waals surface area (Å²) < 4.78 is 5.65. The van der Waals surface area contributed by atoms with Crippen molar-refractivity contribution in [2.24, 2.45) is 11.3 Å². The number of carbonyl (C=O) groups excluding carboxylic acids is 2. The van der Waals surface area contributed by atoms with Gasteiger partial charge in [0.1, 0.15) is 5.75 Å². The molecule has 1 amide bonds. The molecule has 27 heavy (non-hydrogen) atoms. The molecule has 2 rings (SSSR count). The minimum Gasteiger partial charge on any atom is -0.494 e. The summed E-state index contributed by atoms with van der Waals surface area (Å²) in [5, 5.41) is 3.20. The van der Waals surface area contributed by atoms with Crippen molar-refractivity contribution >= 4 is 11.7 Å². The number of ketones is 1. The number of nitrogens with one attached hydrogen (secondary N) is 1. The Balaban J connectivity index is 1.62. The Kier molecular flexibility index (Phi) is 7.88. The van der Waals surface area contributed by atoms with Gasteiger partial charge < -0.3 is 10.1 Å². The average Bonchev–Trinajstić information content (AvgIpc) is 2.66. The quantitative estimate of drug-likeness (QED) is 0.480. The predicted octanol–water partition coefficient (Wildman–Crippen LogP) is 5.16. The number of hydrogen-bond donors (Lipinski definition) is 1. The highest BCUT2D eigenvalue weighted by Crippen LogP contribution is 2.40. The van der Waals surface area contributed by atoms with Crippen molar-refractivity contribution in [3.05, 3.63) is 29.8 Å². The van der Waals surface area contributed by atoms with E-state index in [1.54, 1.807) is 31.2 Å². The molecule has 0 spiro atoms. The van der Waals surface area contributed by atoms with Crippen molar-refractivity contribution in [1.29, 1.82) is 0 Å². The van der Waals surface area contributed by atoms with Gasteiger partial charge in [0.2, 0.25) is 5.91 Å². The minimum absolute atomic E-state index is 0.0468. The first kappa shape index (κ1) is 21.5. The molecule has 0 atom stereocenters. The Hall–Kier alpha value is -1.84. The van der Waals surface area contributed by atoms with Gasteiger partial charge >= 0.3 is 0 Å². The molecule has 0 unspecified atom stereocenters. The van der Waals surface area contributed by atoms with E-state index in [0.29, 0.717) is 36.5 Å². The van der Waals surface area contributed by atoms with Crippen LogP contribution in [0.5, 0.6) is 5.75 Å². The summed E-state index contributed by atoms with van der Waals surface area (Å²) in [6.45, 7) is 9.05. The van der Waals surface area contributed by atoms with Gasteiger partial charge in [0.15, 0.2) is 5.78 Å². The molecule has 1 aliphatic carbocycles. The second-order valence-electron chi connectivity index (χ2n) is 8.49. The minimum atomic E-state index is 0.0468. The van der Waals surface area contributed by atoms with Gasteiger partial charge in [0.25, 0.3) is 0 Å². The smallest absolute Gasteiger partial charge is 0.220 e. The van der Waals surface area contributed by atoms with Crippen LogP contribution in [0, 0.1) is 11.3 Å². The number of ether oxygens (including phenoxy) is 1. The van der Waals surface area contributed by atoms with E-state index in [9.17, 15) is 9.59 Å². The summed E-state index contributed by atoms with van der Waals surface area (Å²) in [5.74, 6) is 1.69. The van der Waals surface area contributed by atoms with E-state index in [4.69, 9.17) is 4.74 Å². The fraction of sp³-hybridized carbons (Fsp3) is 0.652. The SMILES string of the molecule is CCC(C)(C)C1CCC(NC(=O)CCCOc2ccc(C(C)=O)cc2)CC1. The zero-order valence-corrected chi connectivity index (χ0v) is 17.3. The summed E-state index contributed by atoms with van der Waals surface area (Å²) in [5.41, 5.74) is 1.09. The topological polar surface area (TPSA) is 55.4 Å². The van der Waals surface area contributed by atoms with Gasteiger partial charge in [0, 0.05) is 18.0 Å². The van der Waals surface area contributed by atoms with Gasteiger partial charge in [-0.3, -0.25) is 9.59 Å². The van der Waals surface area contributed by atoms with Crippen LogP contribution in [0.15, 0.2) is 24.3 Å². The summed E-state index contributed by atoms with van der Waals surface area (Å²) >= 11 is 0. The molecule has 0 bridgehead atoms. The van der Waals surface area contributed by atoms with Crippen LogP contribution in [0.2, 0.25) is 0 Å². The Morgan fingerprint density at radius 2 is 1.74 bits per heavy atom. The maximum absolute atomic E-state index is 12.2. The number of rotatable bonds is 9. The summed E-state index contributed by atoms with van der Waals surface area (Å²) in [6.07, 6.45) is 7.02. The molecule has 1 aliphatic rings. The van der Waals surface area contributed by atoms with Gasteiger partial charge in [-0.2, -0.15) is 0 Å². The van der Waals surface area contributed by atoms with Crippen LogP contribution in [0.3, 0.4) is 0 Å². The first-order valence-corrected chi connectivity index (χ1v) is 10.3. The summed E-state index contributed by atoms with van der Waals surface area (Å²) in [6, 6.07) is 7.46. The van der Waals surface area contributed by atoms with Crippen molar-refractivity contribution in [1.82, 2.24) is 5.32 Å². The van der Waals surface area contributed by atoms with E-state index in [1.807, 2.05) is 0 Å². The van der Waals surface area contributed by atoms with Crippen LogP contribution in [-0.4, -0.2) is 24.3 Å². The average molecular weight is 374 g/mol. The standard InChI is InChI=1S/C23H35NO3/c1-5-23(3,4)19-10-12-20(13-11-19)24-22(26)7-6-16-27-21-14-8-18(9-15-21)17(2)25/h8-9,14-15,19-20H,5-7,10-13,16H2,1-4H3,(H,24,26). The summed E-state index contributed by atoms with van der Waals surface area (Å²) in [7, 11) is 0. The fourth-order valence-corrected chi connectivity index (χ4v) is 3.82. The molecule has 0 saturated heterocycles. The van der Waals surface area contributed by atoms with Crippen LogP contribution < -0.4 is 10.1 Å². The van der Waals surface area contributed by atoms with Gasteiger partial charge in [-0.25, -0.2) is 0 Å². The van der Waals surface area contributed by atoms with Crippen LogP contribution >= 0.6 is 0 Å². The fourth-order valence-electron chi connectivity index (χ4n) is 3.82. The van der Waals surface area contributed by atoms with E-state index in [0.717, 1.165) is 24.5 Å². The van der Waals surface area contributed by atoms with Gasteiger partial charge in [-0.05, 0) is 74.6 Å². The number of amides is 1. The molecule has 4 nitrogen and oxygen atoms in total. The number of benzene rings is 1. The number of carbonyl (C=O) groups is 2. The highest BCUT2D eigenvalue weighted by molar-refractivity contribution is 5.94. The Morgan fingerprint density at radius 1 is 1.11 bits per heavy atom. The van der Waals surface area contributed by atoms with Crippen molar-refractivity contribution < 1.29 is 14.3 Å². The second kappa shape index (κ2) is 9.91. The Morgan fingerprint density at radius 3 is 2.30 bits per heavy atom. The predicted molar refractivity (Wildman–Crippen MR) is 109 cm³/mol. The molecular weight excluding hydrogens is 338 g/mol. The highest BCUT2D eigenvalue weighted by atomic mass is 16.5. The van der Waals surface area contributed by atoms with E-state index in [1.165, 1.54) is 19.3 Å². The Labute approximate surface area is 164 Å². The molecule has 1 saturated carbocycles. The molecule has 1 aromatic rings. The normalized spacial score (nSPS) is 20.1. The first-order valence-electron chi connectivity index (χ1n) is 10.3. The third kappa shape index (κ3) is 6.67. The molecule has 0 heterocycles. The maximum Gasteiger partial charge on any atom is 0.220 e. The van der Waals surface area contributed by atoms with Gasteiger partial charge in [-0.1, -0.05) is 27.2 Å². The monoisotopic (exact) mass is 373 g/mol. The molecule has 1 fully saturated rings. The zero-order valence-electron chi connectivity index (χ0n) is 17.3. The lowest BCUT2D eigenvalue weighted by Gasteiger charge is -2.39. The van der Waals surface area contributed by atoms with Crippen molar-refractivity contribution in [2.75, 3.05) is 6.61 Å².